The summed E-state index contributed by atoms with van der Waals surface area (Å²) in [7, 11) is 0. The molecule has 3 N–H and O–H groups in total. The quantitative estimate of drug-likeness (QED) is 0.156. The lowest BCUT2D eigenvalue weighted by atomic mass is 10.1. The summed E-state index contributed by atoms with van der Waals surface area (Å²) < 4.78 is 4.89. The molecule has 0 aliphatic heterocycles. The van der Waals surface area contributed by atoms with Gasteiger partial charge >= 0.3 is 5.97 Å². The van der Waals surface area contributed by atoms with Crippen LogP contribution in [0.2, 0.25) is 0 Å². The molecule has 0 aromatic rings. The predicted octanol–water partition coefficient (Wildman–Crippen LogP) is -0.340. The molecule has 0 rings (SSSR count). The van der Waals surface area contributed by atoms with Crippen molar-refractivity contribution in [3.63, 3.8) is 0 Å². The standard InChI is InChI=1S/C10H20N2O4/c1-3-4-7-16-10(15)8(2)9(14)12(11)5-6-13/h8,13H,3-7,11H2,1-2H3. The summed E-state index contributed by atoms with van der Waals surface area (Å²) in [6, 6.07) is 0. The predicted molar refractivity (Wildman–Crippen MR) is 58.0 cm³/mol. The SMILES string of the molecule is CCCCOC(=O)C(C)C(=O)N(N)CCO. The number of amides is 1. The molecule has 94 valence electrons. The maximum Gasteiger partial charge on any atom is 0.318 e. The van der Waals surface area contributed by atoms with Gasteiger partial charge < -0.3 is 9.84 Å². The molecule has 6 nitrogen and oxygen atoms in total. The van der Waals surface area contributed by atoms with Gasteiger partial charge in [-0.15, -0.1) is 0 Å². The lowest BCUT2D eigenvalue weighted by molar-refractivity contribution is -0.155. The number of hydrogen-bond donors (Lipinski definition) is 2. The van der Waals surface area contributed by atoms with Crippen molar-refractivity contribution in [1.82, 2.24) is 5.01 Å². The molecule has 0 spiro atoms. The Kier molecular flexibility index (Phi) is 7.49. The Bertz CT molecular complexity index is 233. The van der Waals surface area contributed by atoms with Crippen LogP contribution in [0.1, 0.15) is 26.7 Å². The number of aliphatic hydroxyl groups is 1. The molecule has 1 atom stereocenters. The Hall–Kier alpha value is -1.14. The topological polar surface area (TPSA) is 92.9 Å². The van der Waals surface area contributed by atoms with E-state index >= 15 is 0 Å². The van der Waals surface area contributed by atoms with Crippen molar-refractivity contribution in [3.8, 4) is 0 Å². The number of carbonyl (C=O) groups excluding carboxylic acids is 2. The molecule has 0 saturated heterocycles. The van der Waals surface area contributed by atoms with Crippen LogP contribution in [0, 0.1) is 5.92 Å². The first-order valence-electron chi connectivity index (χ1n) is 5.38. The molecular weight excluding hydrogens is 212 g/mol. The lowest BCUT2D eigenvalue weighted by Crippen LogP contribution is -2.44. The highest BCUT2D eigenvalue weighted by atomic mass is 16.5. The van der Waals surface area contributed by atoms with Crippen LogP contribution in [0.5, 0.6) is 0 Å². The fourth-order valence-electron chi connectivity index (χ4n) is 1.01. The fourth-order valence-corrected chi connectivity index (χ4v) is 1.01. The highest BCUT2D eigenvalue weighted by Gasteiger charge is 2.26. The average Bonchev–Trinajstić information content (AvgIpc) is 2.27. The number of unbranched alkanes of at least 4 members (excludes halogenated alkanes) is 1. The van der Waals surface area contributed by atoms with Gasteiger partial charge in [-0.25, -0.2) is 5.84 Å². The summed E-state index contributed by atoms with van der Waals surface area (Å²) in [5.74, 6) is 3.29. The summed E-state index contributed by atoms with van der Waals surface area (Å²) >= 11 is 0. The van der Waals surface area contributed by atoms with E-state index in [1.54, 1.807) is 0 Å². The molecule has 0 fully saturated rings. The molecule has 0 saturated carbocycles. The van der Waals surface area contributed by atoms with Gasteiger partial charge in [-0.3, -0.25) is 14.6 Å². The molecule has 0 aliphatic rings. The van der Waals surface area contributed by atoms with Crippen molar-refractivity contribution in [1.29, 1.82) is 0 Å². The number of aliphatic hydroxyl groups excluding tert-OH is 1. The minimum Gasteiger partial charge on any atom is -0.465 e. The highest BCUT2D eigenvalue weighted by Crippen LogP contribution is 2.03. The van der Waals surface area contributed by atoms with Gasteiger partial charge in [0, 0.05) is 0 Å². The lowest BCUT2D eigenvalue weighted by Gasteiger charge is -2.18. The van der Waals surface area contributed by atoms with Crippen molar-refractivity contribution >= 4 is 11.9 Å². The Morgan fingerprint density at radius 3 is 2.62 bits per heavy atom. The zero-order valence-corrected chi connectivity index (χ0v) is 9.81. The molecular formula is C10H20N2O4. The van der Waals surface area contributed by atoms with Crippen LogP contribution in [-0.4, -0.2) is 41.8 Å². The Morgan fingerprint density at radius 1 is 1.50 bits per heavy atom. The smallest absolute Gasteiger partial charge is 0.318 e. The van der Waals surface area contributed by atoms with Crippen LogP contribution in [0.4, 0.5) is 0 Å². The van der Waals surface area contributed by atoms with Gasteiger partial charge in [-0.05, 0) is 13.3 Å². The van der Waals surface area contributed by atoms with E-state index in [-0.39, 0.29) is 13.2 Å². The minimum absolute atomic E-state index is 0.00537. The summed E-state index contributed by atoms with van der Waals surface area (Å²) in [6.45, 7) is 3.50. The zero-order valence-electron chi connectivity index (χ0n) is 9.81. The Morgan fingerprint density at radius 2 is 2.12 bits per heavy atom. The molecule has 0 radical (unpaired) electrons. The zero-order chi connectivity index (χ0) is 12.6. The molecule has 6 heteroatoms. The van der Waals surface area contributed by atoms with Crippen LogP contribution in [0.15, 0.2) is 0 Å². The number of esters is 1. The van der Waals surface area contributed by atoms with E-state index in [1.807, 2.05) is 6.92 Å². The van der Waals surface area contributed by atoms with Crippen molar-refractivity contribution in [2.45, 2.75) is 26.7 Å². The maximum atomic E-state index is 11.5. The van der Waals surface area contributed by atoms with E-state index in [1.165, 1.54) is 6.92 Å². The number of carbonyl (C=O) groups is 2. The molecule has 16 heavy (non-hydrogen) atoms. The van der Waals surface area contributed by atoms with Crippen LogP contribution >= 0.6 is 0 Å². The first kappa shape index (κ1) is 14.9. The number of hydrogen-bond acceptors (Lipinski definition) is 5. The van der Waals surface area contributed by atoms with Crippen molar-refractivity contribution in [2.24, 2.45) is 11.8 Å². The van der Waals surface area contributed by atoms with E-state index in [2.05, 4.69) is 0 Å². The van der Waals surface area contributed by atoms with Gasteiger partial charge in [0.15, 0.2) is 0 Å². The molecule has 0 aliphatic carbocycles. The normalized spacial score (nSPS) is 12.0. The number of ether oxygens (including phenoxy) is 1. The number of hydrazine groups is 1. The van der Waals surface area contributed by atoms with Crippen LogP contribution in [-0.2, 0) is 14.3 Å². The van der Waals surface area contributed by atoms with Gasteiger partial charge in [-0.2, -0.15) is 0 Å². The second-order valence-electron chi connectivity index (χ2n) is 3.50. The van der Waals surface area contributed by atoms with E-state index in [0.717, 1.165) is 17.9 Å². The van der Waals surface area contributed by atoms with E-state index in [0.29, 0.717) is 6.61 Å². The molecule has 1 amide bonds. The number of nitrogens with two attached hydrogens (primary N) is 1. The summed E-state index contributed by atoms with van der Waals surface area (Å²) in [6.07, 6.45) is 1.69. The largest absolute Gasteiger partial charge is 0.465 e. The monoisotopic (exact) mass is 232 g/mol. The van der Waals surface area contributed by atoms with E-state index in [9.17, 15) is 9.59 Å². The summed E-state index contributed by atoms with van der Waals surface area (Å²) in [5.41, 5.74) is 0. The summed E-state index contributed by atoms with van der Waals surface area (Å²) in [5, 5.41) is 9.41. The van der Waals surface area contributed by atoms with Gasteiger partial charge in [-0.1, -0.05) is 13.3 Å². The van der Waals surface area contributed by atoms with Crippen molar-refractivity contribution < 1.29 is 19.4 Å². The Balaban J connectivity index is 4.05. The first-order chi connectivity index (χ1) is 7.54. The van der Waals surface area contributed by atoms with E-state index < -0.39 is 17.8 Å². The van der Waals surface area contributed by atoms with Gasteiger partial charge in [0.2, 0.25) is 0 Å². The molecule has 0 bridgehead atoms. The van der Waals surface area contributed by atoms with Gasteiger partial charge in [0.05, 0.1) is 19.8 Å². The highest BCUT2D eigenvalue weighted by molar-refractivity contribution is 5.97. The van der Waals surface area contributed by atoms with Crippen LogP contribution in [0.3, 0.4) is 0 Å². The Labute approximate surface area is 95.3 Å². The van der Waals surface area contributed by atoms with Crippen LogP contribution in [0.25, 0.3) is 0 Å². The maximum absolute atomic E-state index is 11.5. The number of rotatable bonds is 7. The third kappa shape index (κ3) is 5.09. The second kappa shape index (κ2) is 8.06. The van der Waals surface area contributed by atoms with Crippen molar-refractivity contribution in [3.05, 3.63) is 0 Å². The van der Waals surface area contributed by atoms with Crippen LogP contribution < -0.4 is 5.84 Å². The summed E-state index contributed by atoms with van der Waals surface area (Å²) in [4.78, 5) is 22.9. The molecule has 0 aromatic heterocycles. The molecule has 0 aromatic carbocycles. The average molecular weight is 232 g/mol. The van der Waals surface area contributed by atoms with Gasteiger partial charge in [0.25, 0.3) is 5.91 Å². The number of nitrogens with zero attached hydrogens (tertiary/aromatic N) is 1. The van der Waals surface area contributed by atoms with Crippen molar-refractivity contribution in [2.75, 3.05) is 19.8 Å². The molecule has 1 unspecified atom stereocenters. The third-order valence-corrected chi connectivity index (χ3v) is 2.09. The van der Waals surface area contributed by atoms with Gasteiger partial charge in [0.1, 0.15) is 5.92 Å². The first-order valence-corrected chi connectivity index (χ1v) is 5.38. The minimum atomic E-state index is -0.923. The second-order valence-corrected chi connectivity index (χ2v) is 3.50. The van der Waals surface area contributed by atoms with E-state index in [4.69, 9.17) is 15.7 Å². The molecule has 0 heterocycles. The fraction of sp³-hybridized carbons (Fsp3) is 0.800. The third-order valence-electron chi connectivity index (χ3n) is 2.09.